The van der Waals surface area contributed by atoms with Crippen LogP contribution in [0.2, 0.25) is 0 Å². The molecule has 0 bridgehead atoms. The Hall–Kier alpha value is -0.380. The van der Waals surface area contributed by atoms with Gasteiger partial charge >= 0.3 is 0 Å². The van der Waals surface area contributed by atoms with Crippen LogP contribution in [0.15, 0.2) is 22.7 Å². The quantitative estimate of drug-likeness (QED) is 0.899. The summed E-state index contributed by atoms with van der Waals surface area (Å²) in [5, 5.41) is 9.23. The molecule has 1 atom stereocenters. The van der Waals surface area contributed by atoms with Gasteiger partial charge in [0, 0.05) is 17.6 Å². The summed E-state index contributed by atoms with van der Waals surface area (Å²) in [4.78, 5) is 2.24. The summed E-state index contributed by atoms with van der Waals surface area (Å²) < 4.78 is 1.13. The molecule has 0 amide bonds. The molecule has 0 aliphatic carbocycles. The van der Waals surface area contributed by atoms with Crippen molar-refractivity contribution in [1.82, 2.24) is 4.90 Å². The highest BCUT2D eigenvalue weighted by Gasteiger charge is 2.05. The molecule has 1 N–H and O–H groups in total. The van der Waals surface area contributed by atoms with Gasteiger partial charge in [-0.1, -0.05) is 22.0 Å². The summed E-state index contributed by atoms with van der Waals surface area (Å²) in [6.45, 7) is 5.82. The third kappa shape index (κ3) is 4.64. The van der Waals surface area contributed by atoms with Crippen molar-refractivity contribution in [1.29, 1.82) is 0 Å². The van der Waals surface area contributed by atoms with Crippen molar-refractivity contribution in [2.75, 3.05) is 13.6 Å². The Morgan fingerprint density at radius 3 is 2.69 bits per heavy atom. The van der Waals surface area contributed by atoms with Gasteiger partial charge in [-0.2, -0.15) is 0 Å². The summed E-state index contributed by atoms with van der Waals surface area (Å²) >= 11 is 3.47. The van der Waals surface area contributed by atoms with Crippen LogP contribution in [0.1, 0.15) is 24.5 Å². The van der Waals surface area contributed by atoms with Gasteiger partial charge in [0.2, 0.25) is 0 Å². The molecule has 0 fully saturated rings. The molecule has 0 saturated carbocycles. The number of aliphatic hydroxyl groups is 1. The maximum absolute atomic E-state index is 9.23. The predicted molar refractivity (Wildman–Crippen MR) is 71.5 cm³/mol. The standard InChI is InChI=1S/C13H20BrNO/c1-10-8-13(14)5-4-12(10)9-15(3)7-6-11(2)16/h4-5,8,11,16H,6-7,9H2,1-3H3. The van der Waals surface area contributed by atoms with E-state index in [1.807, 2.05) is 6.92 Å². The van der Waals surface area contributed by atoms with E-state index in [1.165, 1.54) is 11.1 Å². The molecule has 1 aromatic rings. The highest BCUT2D eigenvalue weighted by molar-refractivity contribution is 9.10. The van der Waals surface area contributed by atoms with E-state index in [4.69, 9.17) is 0 Å². The molecule has 0 saturated heterocycles. The minimum absolute atomic E-state index is 0.214. The van der Waals surface area contributed by atoms with Crippen LogP contribution in [0.5, 0.6) is 0 Å². The Morgan fingerprint density at radius 2 is 2.12 bits per heavy atom. The van der Waals surface area contributed by atoms with Crippen LogP contribution in [-0.2, 0) is 6.54 Å². The third-order valence-electron chi connectivity index (χ3n) is 2.67. The molecule has 16 heavy (non-hydrogen) atoms. The molecular formula is C13H20BrNO. The molecule has 1 rings (SSSR count). The highest BCUT2D eigenvalue weighted by atomic mass is 79.9. The second-order valence-corrected chi connectivity index (χ2v) is 5.36. The summed E-state index contributed by atoms with van der Waals surface area (Å²) in [7, 11) is 2.09. The Kier molecular flexibility index (Phi) is 5.46. The van der Waals surface area contributed by atoms with Crippen molar-refractivity contribution in [3.8, 4) is 0 Å². The molecule has 2 nitrogen and oxygen atoms in total. The highest BCUT2D eigenvalue weighted by Crippen LogP contribution is 2.17. The number of halogens is 1. The number of rotatable bonds is 5. The van der Waals surface area contributed by atoms with E-state index in [-0.39, 0.29) is 6.10 Å². The Balaban J connectivity index is 2.52. The normalized spacial score (nSPS) is 13.1. The Morgan fingerprint density at radius 1 is 1.44 bits per heavy atom. The van der Waals surface area contributed by atoms with Gasteiger partial charge in [0.25, 0.3) is 0 Å². The van der Waals surface area contributed by atoms with E-state index in [1.54, 1.807) is 0 Å². The van der Waals surface area contributed by atoms with Gasteiger partial charge in [-0.05, 0) is 50.6 Å². The number of hydrogen-bond donors (Lipinski definition) is 1. The zero-order valence-electron chi connectivity index (χ0n) is 10.2. The van der Waals surface area contributed by atoms with Gasteiger partial charge in [0.1, 0.15) is 0 Å². The first-order valence-electron chi connectivity index (χ1n) is 5.60. The molecule has 1 aromatic carbocycles. The van der Waals surface area contributed by atoms with E-state index < -0.39 is 0 Å². The van der Waals surface area contributed by atoms with Crippen molar-refractivity contribution < 1.29 is 5.11 Å². The molecular weight excluding hydrogens is 266 g/mol. The van der Waals surface area contributed by atoms with Gasteiger partial charge in [-0.25, -0.2) is 0 Å². The van der Waals surface area contributed by atoms with Gasteiger partial charge in [-0.3, -0.25) is 0 Å². The molecule has 0 spiro atoms. The molecule has 0 radical (unpaired) electrons. The minimum atomic E-state index is -0.214. The van der Waals surface area contributed by atoms with Crippen LogP contribution < -0.4 is 0 Å². The summed E-state index contributed by atoms with van der Waals surface area (Å²) in [5.74, 6) is 0. The second kappa shape index (κ2) is 6.38. The summed E-state index contributed by atoms with van der Waals surface area (Å²) in [5.41, 5.74) is 2.65. The second-order valence-electron chi connectivity index (χ2n) is 4.45. The van der Waals surface area contributed by atoms with Gasteiger partial charge < -0.3 is 10.0 Å². The van der Waals surface area contributed by atoms with Crippen LogP contribution in [0.4, 0.5) is 0 Å². The van der Waals surface area contributed by atoms with Crippen LogP contribution in [0.3, 0.4) is 0 Å². The lowest BCUT2D eigenvalue weighted by atomic mass is 10.1. The average Bonchev–Trinajstić information content (AvgIpc) is 2.19. The van der Waals surface area contributed by atoms with Crippen molar-refractivity contribution in [3.05, 3.63) is 33.8 Å². The predicted octanol–water partition coefficient (Wildman–Crippen LogP) is 2.96. The fraction of sp³-hybridized carbons (Fsp3) is 0.538. The Bertz CT molecular complexity index is 339. The van der Waals surface area contributed by atoms with Crippen molar-refractivity contribution in [2.24, 2.45) is 0 Å². The summed E-state index contributed by atoms with van der Waals surface area (Å²) in [6.07, 6.45) is 0.611. The smallest absolute Gasteiger partial charge is 0.0524 e. The molecule has 0 aromatic heterocycles. The SMILES string of the molecule is Cc1cc(Br)ccc1CN(C)CCC(C)O. The summed E-state index contributed by atoms with van der Waals surface area (Å²) in [6, 6.07) is 6.36. The first-order chi connectivity index (χ1) is 7.49. The zero-order valence-corrected chi connectivity index (χ0v) is 11.8. The molecule has 1 unspecified atom stereocenters. The van der Waals surface area contributed by atoms with E-state index in [2.05, 4.69) is 53.0 Å². The minimum Gasteiger partial charge on any atom is -0.393 e. The van der Waals surface area contributed by atoms with Crippen molar-refractivity contribution in [3.63, 3.8) is 0 Å². The number of benzene rings is 1. The van der Waals surface area contributed by atoms with Crippen LogP contribution in [0.25, 0.3) is 0 Å². The molecule has 0 heterocycles. The van der Waals surface area contributed by atoms with Crippen molar-refractivity contribution in [2.45, 2.75) is 32.9 Å². The lowest BCUT2D eigenvalue weighted by Crippen LogP contribution is -2.22. The first-order valence-corrected chi connectivity index (χ1v) is 6.40. The lowest BCUT2D eigenvalue weighted by molar-refractivity contribution is 0.163. The third-order valence-corrected chi connectivity index (χ3v) is 3.17. The van der Waals surface area contributed by atoms with Gasteiger partial charge in [-0.15, -0.1) is 0 Å². The maximum atomic E-state index is 9.23. The zero-order chi connectivity index (χ0) is 12.1. The topological polar surface area (TPSA) is 23.5 Å². The van der Waals surface area contributed by atoms with E-state index >= 15 is 0 Å². The van der Waals surface area contributed by atoms with Crippen LogP contribution in [-0.4, -0.2) is 29.7 Å². The molecule has 0 aliphatic heterocycles. The van der Waals surface area contributed by atoms with E-state index in [0.29, 0.717) is 0 Å². The number of nitrogens with zero attached hydrogens (tertiary/aromatic N) is 1. The van der Waals surface area contributed by atoms with Gasteiger partial charge in [0.05, 0.1) is 6.10 Å². The number of aryl methyl sites for hydroxylation is 1. The van der Waals surface area contributed by atoms with Crippen LogP contribution >= 0.6 is 15.9 Å². The largest absolute Gasteiger partial charge is 0.393 e. The monoisotopic (exact) mass is 285 g/mol. The fourth-order valence-corrected chi connectivity index (χ4v) is 2.09. The van der Waals surface area contributed by atoms with Gasteiger partial charge in [0.15, 0.2) is 0 Å². The van der Waals surface area contributed by atoms with E-state index in [0.717, 1.165) is 24.0 Å². The van der Waals surface area contributed by atoms with E-state index in [9.17, 15) is 5.11 Å². The molecule has 3 heteroatoms. The molecule has 90 valence electrons. The lowest BCUT2D eigenvalue weighted by Gasteiger charge is -2.18. The fourth-order valence-electron chi connectivity index (χ4n) is 1.61. The average molecular weight is 286 g/mol. The number of hydrogen-bond acceptors (Lipinski definition) is 2. The first kappa shape index (κ1) is 13.7. The maximum Gasteiger partial charge on any atom is 0.0524 e. The molecule has 0 aliphatic rings. The Labute approximate surface area is 106 Å². The number of aliphatic hydroxyl groups excluding tert-OH is 1. The van der Waals surface area contributed by atoms with Crippen molar-refractivity contribution >= 4 is 15.9 Å². The van der Waals surface area contributed by atoms with Crippen LogP contribution in [0, 0.1) is 6.92 Å².